The van der Waals surface area contributed by atoms with Crippen molar-refractivity contribution < 1.29 is 17.9 Å². The molecular weight excluding hydrogens is 324 g/mol. The molecule has 0 saturated heterocycles. The van der Waals surface area contributed by atoms with Crippen LogP contribution in [-0.2, 0) is 12.1 Å². The normalized spacial score (nSPS) is 11.5. The van der Waals surface area contributed by atoms with Gasteiger partial charge in [0.2, 0.25) is 0 Å². The Bertz CT molecular complexity index is 654. The molecule has 0 unspecified atom stereocenters. The average molecular weight is 335 g/mol. The van der Waals surface area contributed by atoms with Gasteiger partial charge in [-0.1, -0.05) is 23.7 Å². The Hall–Kier alpha value is -1.39. The Kier molecular flexibility index (Phi) is 4.69. The van der Waals surface area contributed by atoms with Gasteiger partial charge in [0, 0.05) is 5.88 Å². The first-order valence-electron chi connectivity index (χ1n) is 6.01. The minimum Gasteiger partial charge on any atom is -0.455 e. The van der Waals surface area contributed by atoms with E-state index in [1.165, 1.54) is 12.1 Å². The molecule has 0 aliphatic carbocycles. The van der Waals surface area contributed by atoms with Crippen LogP contribution in [0.4, 0.5) is 13.2 Å². The summed E-state index contributed by atoms with van der Waals surface area (Å²) in [6.07, 6.45) is -4.53. The molecule has 2 rings (SSSR count). The molecule has 112 valence electrons. The van der Waals surface area contributed by atoms with Crippen molar-refractivity contribution in [2.45, 2.75) is 19.0 Å². The van der Waals surface area contributed by atoms with Crippen molar-refractivity contribution in [1.29, 1.82) is 0 Å². The van der Waals surface area contributed by atoms with Crippen LogP contribution in [0.1, 0.15) is 16.7 Å². The van der Waals surface area contributed by atoms with Gasteiger partial charge in [0.1, 0.15) is 11.5 Å². The van der Waals surface area contributed by atoms with Crippen LogP contribution in [0.25, 0.3) is 0 Å². The number of alkyl halides is 4. The second-order valence-corrected chi connectivity index (χ2v) is 5.17. The molecule has 0 aliphatic rings. The van der Waals surface area contributed by atoms with Gasteiger partial charge in [-0.3, -0.25) is 0 Å². The van der Waals surface area contributed by atoms with Gasteiger partial charge in [0.05, 0.1) is 10.6 Å². The van der Waals surface area contributed by atoms with E-state index in [4.69, 9.17) is 27.9 Å². The zero-order chi connectivity index (χ0) is 15.6. The number of halogens is 5. The smallest absolute Gasteiger partial charge is 0.419 e. The van der Waals surface area contributed by atoms with Crippen molar-refractivity contribution in [2.75, 3.05) is 0 Å². The molecular formula is C15H11Cl2F3O. The summed E-state index contributed by atoms with van der Waals surface area (Å²) in [4.78, 5) is 0. The first-order chi connectivity index (χ1) is 9.81. The summed E-state index contributed by atoms with van der Waals surface area (Å²) in [6.45, 7) is 1.80. The van der Waals surface area contributed by atoms with Gasteiger partial charge < -0.3 is 4.74 Å². The van der Waals surface area contributed by atoms with Crippen LogP contribution in [-0.4, -0.2) is 0 Å². The SMILES string of the molecule is Cc1ccc(Cl)c(Oc2ccc(CCl)cc2C(F)(F)F)c1. The fourth-order valence-corrected chi connectivity index (χ4v) is 2.10. The summed E-state index contributed by atoms with van der Waals surface area (Å²) < 4.78 is 44.6. The summed E-state index contributed by atoms with van der Waals surface area (Å²) in [5, 5.41) is 0.246. The molecule has 0 amide bonds. The van der Waals surface area contributed by atoms with Gasteiger partial charge in [-0.25, -0.2) is 0 Å². The molecule has 0 heterocycles. The molecule has 0 atom stereocenters. The van der Waals surface area contributed by atoms with E-state index in [0.717, 1.165) is 11.6 Å². The van der Waals surface area contributed by atoms with Crippen molar-refractivity contribution >= 4 is 23.2 Å². The predicted molar refractivity (Wildman–Crippen MR) is 77.3 cm³/mol. The quantitative estimate of drug-likeness (QED) is 0.607. The second kappa shape index (κ2) is 6.16. The Labute approximate surface area is 130 Å². The predicted octanol–water partition coefficient (Wildman–Crippen LogP) is 6.20. The number of hydrogen-bond acceptors (Lipinski definition) is 1. The molecule has 0 N–H and O–H groups in total. The van der Waals surface area contributed by atoms with Crippen molar-refractivity contribution in [3.05, 3.63) is 58.1 Å². The number of ether oxygens (including phenoxy) is 1. The van der Waals surface area contributed by atoms with E-state index in [0.29, 0.717) is 5.56 Å². The lowest BCUT2D eigenvalue weighted by molar-refractivity contribution is -0.138. The van der Waals surface area contributed by atoms with Gasteiger partial charge in [-0.15, -0.1) is 11.6 Å². The molecule has 0 radical (unpaired) electrons. The maximum Gasteiger partial charge on any atom is 0.419 e. The third-order valence-electron chi connectivity index (χ3n) is 2.81. The van der Waals surface area contributed by atoms with Crippen LogP contribution in [0.5, 0.6) is 11.5 Å². The van der Waals surface area contributed by atoms with E-state index in [1.807, 2.05) is 0 Å². The van der Waals surface area contributed by atoms with Gasteiger partial charge in [0.25, 0.3) is 0 Å². The van der Waals surface area contributed by atoms with E-state index in [-0.39, 0.29) is 22.4 Å². The molecule has 6 heteroatoms. The highest BCUT2D eigenvalue weighted by Gasteiger charge is 2.35. The molecule has 2 aromatic rings. The Morgan fingerprint density at radius 3 is 2.38 bits per heavy atom. The third kappa shape index (κ3) is 3.83. The maximum absolute atomic E-state index is 13.1. The monoisotopic (exact) mass is 334 g/mol. The number of aryl methyl sites for hydroxylation is 1. The van der Waals surface area contributed by atoms with Crippen LogP contribution in [0.3, 0.4) is 0 Å². The van der Waals surface area contributed by atoms with Crippen LogP contribution in [0, 0.1) is 6.92 Å². The molecule has 0 bridgehead atoms. The lowest BCUT2D eigenvalue weighted by Crippen LogP contribution is -2.08. The molecule has 1 nitrogen and oxygen atoms in total. The zero-order valence-electron chi connectivity index (χ0n) is 11.0. The summed E-state index contributed by atoms with van der Waals surface area (Å²) in [7, 11) is 0. The average Bonchev–Trinajstić information content (AvgIpc) is 2.42. The molecule has 21 heavy (non-hydrogen) atoms. The fourth-order valence-electron chi connectivity index (χ4n) is 1.78. The van der Waals surface area contributed by atoms with Gasteiger partial charge in [-0.05, 0) is 42.3 Å². The Morgan fingerprint density at radius 1 is 1.05 bits per heavy atom. The standard InChI is InChI=1S/C15H11Cl2F3O/c1-9-2-4-12(17)14(6-9)21-13-5-3-10(8-16)7-11(13)15(18,19)20/h2-7H,8H2,1H3. The number of rotatable bonds is 3. The Morgan fingerprint density at radius 2 is 1.76 bits per heavy atom. The van der Waals surface area contributed by atoms with E-state index in [9.17, 15) is 13.2 Å². The highest BCUT2D eigenvalue weighted by atomic mass is 35.5. The first-order valence-corrected chi connectivity index (χ1v) is 6.92. The van der Waals surface area contributed by atoms with Crippen LogP contribution in [0.15, 0.2) is 36.4 Å². The summed E-state index contributed by atoms with van der Waals surface area (Å²) in [5.41, 5.74) is 0.324. The van der Waals surface area contributed by atoms with E-state index in [1.54, 1.807) is 25.1 Å². The lowest BCUT2D eigenvalue weighted by atomic mass is 10.1. The topological polar surface area (TPSA) is 9.23 Å². The molecule has 0 saturated carbocycles. The number of benzene rings is 2. The molecule has 0 aliphatic heterocycles. The van der Waals surface area contributed by atoms with Crippen LogP contribution in [0.2, 0.25) is 5.02 Å². The molecule has 0 fully saturated rings. The first kappa shape index (κ1) is 16.0. The van der Waals surface area contributed by atoms with Gasteiger partial charge >= 0.3 is 6.18 Å². The third-order valence-corrected chi connectivity index (χ3v) is 3.43. The molecule has 2 aromatic carbocycles. The van der Waals surface area contributed by atoms with E-state index in [2.05, 4.69) is 0 Å². The summed E-state index contributed by atoms with van der Waals surface area (Å²) >= 11 is 11.5. The van der Waals surface area contributed by atoms with E-state index >= 15 is 0 Å². The minimum absolute atomic E-state index is 0.00540. The lowest BCUT2D eigenvalue weighted by Gasteiger charge is -2.15. The molecule has 0 aromatic heterocycles. The number of hydrogen-bond donors (Lipinski definition) is 0. The minimum atomic E-state index is -4.53. The highest BCUT2D eigenvalue weighted by molar-refractivity contribution is 6.32. The van der Waals surface area contributed by atoms with Crippen LogP contribution >= 0.6 is 23.2 Å². The van der Waals surface area contributed by atoms with Crippen molar-refractivity contribution in [2.24, 2.45) is 0 Å². The fraction of sp³-hybridized carbons (Fsp3) is 0.200. The van der Waals surface area contributed by atoms with Crippen molar-refractivity contribution in [3.63, 3.8) is 0 Å². The zero-order valence-corrected chi connectivity index (χ0v) is 12.5. The highest BCUT2D eigenvalue weighted by Crippen LogP contribution is 2.40. The van der Waals surface area contributed by atoms with E-state index < -0.39 is 11.7 Å². The van der Waals surface area contributed by atoms with Gasteiger partial charge in [0.15, 0.2) is 0 Å². The summed E-state index contributed by atoms with van der Waals surface area (Å²) in [5.74, 6) is -0.126. The van der Waals surface area contributed by atoms with Gasteiger partial charge in [-0.2, -0.15) is 13.2 Å². The molecule has 0 spiro atoms. The maximum atomic E-state index is 13.1. The van der Waals surface area contributed by atoms with Crippen molar-refractivity contribution in [1.82, 2.24) is 0 Å². The largest absolute Gasteiger partial charge is 0.455 e. The Balaban J connectivity index is 2.46. The van der Waals surface area contributed by atoms with Crippen LogP contribution < -0.4 is 4.74 Å². The second-order valence-electron chi connectivity index (χ2n) is 4.50. The summed E-state index contributed by atoms with van der Waals surface area (Å²) in [6, 6.07) is 8.62. The van der Waals surface area contributed by atoms with Crippen molar-refractivity contribution in [3.8, 4) is 11.5 Å².